The smallest absolute Gasteiger partial charge is 0.317 e. The van der Waals surface area contributed by atoms with E-state index in [-0.39, 0.29) is 18.1 Å². The zero-order valence-electron chi connectivity index (χ0n) is 11.1. The van der Waals surface area contributed by atoms with Crippen molar-refractivity contribution in [3.63, 3.8) is 0 Å². The van der Waals surface area contributed by atoms with Gasteiger partial charge in [0.05, 0.1) is 0 Å². The van der Waals surface area contributed by atoms with E-state index in [1.807, 2.05) is 13.8 Å². The standard InChI is InChI=1S/C13H17F3N2O/c1-8(2)6-17-13(19)18(3)7-9-4-10(14)12(16)11(15)5-9/h4-5,8H,6-7H2,1-3H3,(H,17,19). The molecule has 0 radical (unpaired) electrons. The number of benzene rings is 1. The Morgan fingerprint density at radius 1 is 1.26 bits per heavy atom. The molecule has 0 aliphatic rings. The van der Waals surface area contributed by atoms with Gasteiger partial charge in [0.15, 0.2) is 17.5 Å². The molecule has 1 N–H and O–H groups in total. The number of hydrogen-bond acceptors (Lipinski definition) is 1. The third-order valence-corrected chi connectivity index (χ3v) is 2.47. The van der Waals surface area contributed by atoms with Crippen LogP contribution in [0.5, 0.6) is 0 Å². The number of amides is 2. The Balaban J connectivity index is 2.66. The quantitative estimate of drug-likeness (QED) is 0.841. The molecular weight excluding hydrogens is 257 g/mol. The van der Waals surface area contributed by atoms with E-state index in [4.69, 9.17) is 0 Å². The number of hydrogen-bond donors (Lipinski definition) is 1. The molecule has 0 bridgehead atoms. The first-order chi connectivity index (χ1) is 8.81. The SMILES string of the molecule is CC(C)CNC(=O)N(C)Cc1cc(F)c(F)c(F)c1. The molecule has 0 unspecified atom stereocenters. The summed E-state index contributed by atoms with van der Waals surface area (Å²) in [6.07, 6.45) is 0. The van der Waals surface area contributed by atoms with Crippen LogP contribution in [-0.2, 0) is 6.54 Å². The number of carbonyl (C=O) groups excluding carboxylic acids is 1. The molecule has 0 aromatic heterocycles. The molecule has 2 amide bonds. The zero-order valence-corrected chi connectivity index (χ0v) is 11.1. The van der Waals surface area contributed by atoms with E-state index in [1.165, 1.54) is 11.9 Å². The summed E-state index contributed by atoms with van der Waals surface area (Å²) in [4.78, 5) is 12.9. The highest BCUT2D eigenvalue weighted by Crippen LogP contribution is 2.14. The van der Waals surface area contributed by atoms with Crippen molar-refractivity contribution in [3.8, 4) is 0 Å². The second-order valence-electron chi connectivity index (χ2n) is 4.81. The molecule has 0 atom stereocenters. The number of urea groups is 1. The average Bonchev–Trinajstić information content (AvgIpc) is 2.32. The fourth-order valence-corrected chi connectivity index (χ4v) is 1.47. The van der Waals surface area contributed by atoms with Crippen LogP contribution in [0.4, 0.5) is 18.0 Å². The van der Waals surface area contributed by atoms with Crippen molar-refractivity contribution in [1.82, 2.24) is 10.2 Å². The van der Waals surface area contributed by atoms with Gasteiger partial charge in [-0.05, 0) is 23.6 Å². The first kappa shape index (κ1) is 15.3. The van der Waals surface area contributed by atoms with Crippen LogP contribution in [0.1, 0.15) is 19.4 Å². The predicted octanol–water partition coefficient (Wildman–Crippen LogP) is 2.90. The average molecular weight is 274 g/mol. The maximum absolute atomic E-state index is 13.0. The van der Waals surface area contributed by atoms with Crippen molar-refractivity contribution in [2.24, 2.45) is 5.92 Å². The number of halogens is 3. The Morgan fingerprint density at radius 2 is 1.79 bits per heavy atom. The minimum absolute atomic E-state index is 0.00194. The minimum atomic E-state index is -1.50. The van der Waals surface area contributed by atoms with Crippen LogP contribution in [0.3, 0.4) is 0 Å². The normalized spacial score (nSPS) is 10.7. The van der Waals surface area contributed by atoms with Crippen molar-refractivity contribution in [2.75, 3.05) is 13.6 Å². The van der Waals surface area contributed by atoms with Gasteiger partial charge in [0.2, 0.25) is 0 Å². The number of nitrogens with zero attached hydrogens (tertiary/aromatic N) is 1. The molecule has 0 saturated carbocycles. The molecular formula is C13H17F3N2O. The molecule has 1 aromatic rings. The number of rotatable bonds is 4. The molecule has 0 fully saturated rings. The van der Waals surface area contributed by atoms with Crippen LogP contribution in [0.15, 0.2) is 12.1 Å². The lowest BCUT2D eigenvalue weighted by molar-refractivity contribution is 0.205. The summed E-state index contributed by atoms with van der Waals surface area (Å²) in [5, 5.41) is 2.67. The molecule has 106 valence electrons. The zero-order chi connectivity index (χ0) is 14.6. The molecule has 0 heterocycles. The van der Waals surface area contributed by atoms with Crippen LogP contribution in [-0.4, -0.2) is 24.5 Å². The van der Waals surface area contributed by atoms with E-state index in [1.54, 1.807) is 0 Å². The number of nitrogens with one attached hydrogen (secondary N) is 1. The van der Waals surface area contributed by atoms with Gasteiger partial charge in [-0.1, -0.05) is 13.8 Å². The summed E-state index contributed by atoms with van der Waals surface area (Å²) in [7, 11) is 1.49. The van der Waals surface area contributed by atoms with Crippen LogP contribution >= 0.6 is 0 Å². The summed E-state index contributed by atoms with van der Waals surface area (Å²) in [6.45, 7) is 4.41. The van der Waals surface area contributed by atoms with Gasteiger partial charge in [0.25, 0.3) is 0 Å². The van der Waals surface area contributed by atoms with Gasteiger partial charge in [-0.3, -0.25) is 0 Å². The summed E-state index contributed by atoms with van der Waals surface area (Å²) >= 11 is 0. The second-order valence-corrected chi connectivity index (χ2v) is 4.81. The van der Waals surface area contributed by atoms with Crippen LogP contribution < -0.4 is 5.32 Å². The largest absolute Gasteiger partial charge is 0.338 e. The summed E-state index contributed by atoms with van der Waals surface area (Å²) in [5.41, 5.74) is 0.193. The van der Waals surface area contributed by atoms with Crippen LogP contribution in [0.2, 0.25) is 0 Å². The van der Waals surface area contributed by atoms with Gasteiger partial charge < -0.3 is 10.2 Å². The Labute approximate surface area is 110 Å². The molecule has 1 aromatic carbocycles. The molecule has 0 aliphatic heterocycles. The Kier molecular flexibility index (Phi) is 5.20. The highest BCUT2D eigenvalue weighted by atomic mass is 19.2. The number of carbonyl (C=O) groups is 1. The van der Waals surface area contributed by atoms with Crippen LogP contribution in [0, 0.1) is 23.4 Å². The molecule has 0 saturated heterocycles. The summed E-state index contributed by atoms with van der Waals surface area (Å²) in [5.74, 6) is -3.72. The van der Waals surface area contributed by atoms with Gasteiger partial charge in [-0.15, -0.1) is 0 Å². The van der Waals surface area contributed by atoms with Crippen molar-refractivity contribution in [2.45, 2.75) is 20.4 Å². The molecule has 6 heteroatoms. The van der Waals surface area contributed by atoms with E-state index < -0.39 is 17.5 Å². The topological polar surface area (TPSA) is 32.3 Å². The van der Waals surface area contributed by atoms with Gasteiger partial charge in [0, 0.05) is 20.1 Å². The Hall–Kier alpha value is -1.72. The third-order valence-electron chi connectivity index (χ3n) is 2.47. The Morgan fingerprint density at radius 3 is 2.26 bits per heavy atom. The molecule has 0 spiro atoms. The predicted molar refractivity (Wildman–Crippen MR) is 66.0 cm³/mol. The van der Waals surface area contributed by atoms with Crippen molar-refractivity contribution < 1.29 is 18.0 Å². The minimum Gasteiger partial charge on any atom is -0.338 e. The van der Waals surface area contributed by atoms with E-state index >= 15 is 0 Å². The van der Waals surface area contributed by atoms with Crippen molar-refractivity contribution in [1.29, 1.82) is 0 Å². The van der Waals surface area contributed by atoms with Gasteiger partial charge in [-0.25, -0.2) is 18.0 Å². The first-order valence-corrected chi connectivity index (χ1v) is 5.93. The maximum atomic E-state index is 13.0. The second kappa shape index (κ2) is 6.45. The van der Waals surface area contributed by atoms with Gasteiger partial charge >= 0.3 is 6.03 Å². The fourth-order valence-electron chi connectivity index (χ4n) is 1.47. The Bertz CT molecular complexity index is 440. The fraction of sp³-hybridized carbons (Fsp3) is 0.462. The molecule has 3 nitrogen and oxygen atoms in total. The third kappa shape index (κ3) is 4.46. The van der Waals surface area contributed by atoms with Crippen molar-refractivity contribution in [3.05, 3.63) is 35.1 Å². The van der Waals surface area contributed by atoms with Gasteiger partial charge in [0.1, 0.15) is 0 Å². The van der Waals surface area contributed by atoms with Crippen LogP contribution in [0.25, 0.3) is 0 Å². The molecule has 0 aliphatic carbocycles. The van der Waals surface area contributed by atoms with Crippen molar-refractivity contribution >= 4 is 6.03 Å². The molecule has 1 rings (SSSR count). The van der Waals surface area contributed by atoms with Gasteiger partial charge in [-0.2, -0.15) is 0 Å². The monoisotopic (exact) mass is 274 g/mol. The molecule has 19 heavy (non-hydrogen) atoms. The van der Waals surface area contributed by atoms with E-state index in [0.717, 1.165) is 12.1 Å². The lowest BCUT2D eigenvalue weighted by Crippen LogP contribution is -2.38. The lowest BCUT2D eigenvalue weighted by Gasteiger charge is -2.19. The lowest BCUT2D eigenvalue weighted by atomic mass is 10.2. The highest BCUT2D eigenvalue weighted by Gasteiger charge is 2.14. The summed E-state index contributed by atoms with van der Waals surface area (Å²) in [6, 6.07) is 1.41. The highest BCUT2D eigenvalue weighted by molar-refractivity contribution is 5.73. The van der Waals surface area contributed by atoms with E-state index in [9.17, 15) is 18.0 Å². The first-order valence-electron chi connectivity index (χ1n) is 5.93. The van der Waals surface area contributed by atoms with E-state index in [2.05, 4.69) is 5.32 Å². The maximum Gasteiger partial charge on any atom is 0.317 e. The van der Waals surface area contributed by atoms with E-state index in [0.29, 0.717) is 12.5 Å². The summed E-state index contributed by atoms with van der Waals surface area (Å²) < 4.78 is 38.8.